The standard InChI is InChI=1S/C29H28F3N5O4.2H2S/c1-34-17-26(39)36-24(13-18-7-9-21(38)10-8-18)28(40)35(15-20-11-22(30)27(32)23(31)12-20)16-25(36)37(34)29(41)33-14-19-5-3-2-4-6-19;;/h2-12,24-25,38H,13-17H2,1H3,(H,33,41);2*1H2/t24-,25-;;/m0../s1. The minimum absolute atomic E-state index is 0. The van der Waals surface area contributed by atoms with E-state index < -0.39 is 41.6 Å². The van der Waals surface area contributed by atoms with Crippen LogP contribution in [-0.2, 0) is 29.1 Å². The second-order valence-corrected chi connectivity index (χ2v) is 10.1. The van der Waals surface area contributed by atoms with Gasteiger partial charge in [0.1, 0.15) is 18.0 Å². The Kier molecular flexibility index (Phi) is 11.0. The highest BCUT2D eigenvalue weighted by atomic mass is 32.1. The van der Waals surface area contributed by atoms with Crippen LogP contribution in [0.3, 0.4) is 0 Å². The Bertz CT molecular complexity index is 1450. The van der Waals surface area contributed by atoms with E-state index in [1.54, 1.807) is 19.2 Å². The molecule has 43 heavy (non-hydrogen) atoms. The lowest BCUT2D eigenvalue weighted by atomic mass is 9.98. The predicted molar refractivity (Wildman–Crippen MR) is 162 cm³/mol. The van der Waals surface area contributed by atoms with E-state index >= 15 is 0 Å². The SMILES string of the molecule is CN1CC(=O)N2[C@@H](Cc3ccc(O)cc3)C(=O)N(Cc3cc(F)c(F)c(F)c3)C[C@@H]2N1C(=O)NCc1ccccc1.S.S. The zero-order valence-corrected chi connectivity index (χ0v) is 25.1. The minimum Gasteiger partial charge on any atom is -0.508 e. The van der Waals surface area contributed by atoms with Gasteiger partial charge in [0.25, 0.3) is 0 Å². The maximum absolute atomic E-state index is 14.0. The van der Waals surface area contributed by atoms with Crippen molar-refractivity contribution in [3.05, 3.63) is 101 Å². The highest BCUT2D eigenvalue weighted by Gasteiger charge is 2.50. The zero-order chi connectivity index (χ0) is 29.3. The number of amides is 4. The molecule has 2 N–H and O–H groups in total. The minimum atomic E-state index is -1.61. The number of carbonyl (C=O) groups is 3. The van der Waals surface area contributed by atoms with Crippen molar-refractivity contribution in [2.75, 3.05) is 20.1 Å². The number of carbonyl (C=O) groups excluding carboxylic acids is 3. The fourth-order valence-electron chi connectivity index (χ4n) is 5.28. The molecule has 2 aliphatic rings. The van der Waals surface area contributed by atoms with Crippen molar-refractivity contribution in [1.82, 2.24) is 25.1 Å². The number of hydrazine groups is 1. The molecule has 0 spiro atoms. The summed E-state index contributed by atoms with van der Waals surface area (Å²) in [6.07, 6.45) is -0.875. The van der Waals surface area contributed by atoms with E-state index in [1.165, 1.54) is 32.0 Å². The Hall–Kier alpha value is -3.88. The number of halogens is 3. The van der Waals surface area contributed by atoms with Gasteiger partial charge in [-0.2, -0.15) is 27.0 Å². The van der Waals surface area contributed by atoms with Gasteiger partial charge in [-0.25, -0.2) is 28.0 Å². The number of piperazine rings is 1. The summed E-state index contributed by atoms with van der Waals surface area (Å²) in [4.78, 5) is 43.3. The third-order valence-corrected chi connectivity index (χ3v) is 7.22. The van der Waals surface area contributed by atoms with Crippen LogP contribution in [0.1, 0.15) is 16.7 Å². The number of nitrogens with zero attached hydrogens (tertiary/aromatic N) is 4. The van der Waals surface area contributed by atoms with Gasteiger partial charge < -0.3 is 20.2 Å². The summed E-state index contributed by atoms with van der Waals surface area (Å²) in [7, 11) is 1.58. The number of benzene rings is 3. The number of rotatable bonds is 6. The summed E-state index contributed by atoms with van der Waals surface area (Å²) in [6, 6.07) is 15.5. The second-order valence-electron chi connectivity index (χ2n) is 10.1. The Morgan fingerprint density at radius 3 is 2.19 bits per heavy atom. The fraction of sp³-hybridized carbons (Fsp3) is 0.276. The van der Waals surface area contributed by atoms with Crippen molar-refractivity contribution in [2.24, 2.45) is 0 Å². The number of phenols is 1. The summed E-state index contributed by atoms with van der Waals surface area (Å²) < 4.78 is 41.6. The number of phenolic OH excluding ortho intramolecular Hbond substituents is 1. The summed E-state index contributed by atoms with van der Waals surface area (Å²) in [5, 5.41) is 15.4. The van der Waals surface area contributed by atoms with Gasteiger partial charge >= 0.3 is 6.03 Å². The number of nitrogens with one attached hydrogen (secondary N) is 1. The third-order valence-electron chi connectivity index (χ3n) is 7.22. The average molecular weight is 636 g/mol. The molecule has 3 aromatic rings. The van der Waals surface area contributed by atoms with Gasteiger partial charge in [-0.1, -0.05) is 42.5 Å². The highest BCUT2D eigenvalue weighted by molar-refractivity contribution is 7.59. The van der Waals surface area contributed by atoms with E-state index in [0.717, 1.165) is 17.7 Å². The first-order valence-electron chi connectivity index (χ1n) is 13.0. The maximum atomic E-state index is 14.0. The molecule has 2 atom stereocenters. The second kappa shape index (κ2) is 14.1. The van der Waals surface area contributed by atoms with E-state index in [-0.39, 0.29) is 76.8 Å². The molecule has 0 radical (unpaired) electrons. The van der Waals surface area contributed by atoms with Gasteiger partial charge in [0, 0.05) is 26.6 Å². The smallest absolute Gasteiger partial charge is 0.334 e. The summed E-state index contributed by atoms with van der Waals surface area (Å²) in [5.74, 6) is -5.24. The first-order valence-corrected chi connectivity index (χ1v) is 13.0. The molecule has 3 aromatic carbocycles. The number of hydrogen-bond donors (Lipinski definition) is 2. The molecule has 2 saturated heterocycles. The van der Waals surface area contributed by atoms with Crippen molar-refractivity contribution in [3.8, 4) is 5.75 Å². The molecule has 0 bridgehead atoms. The fourth-order valence-corrected chi connectivity index (χ4v) is 5.28. The largest absolute Gasteiger partial charge is 0.508 e. The summed E-state index contributed by atoms with van der Waals surface area (Å²) in [5.41, 5.74) is 1.52. The van der Waals surface area contributed by atoms with Gasteiger partial charge in [0.15, 0.2) is 17.5 Å². The van der Waals surface area contributed by atoms with Gasteiger partial charge in [-0.05, 0) is 41.0 Å². The van der Waals surface area contributed by atoms with Crippen molar-refractivity contribution >= 4 is 44.8 Å². The molecule has 2 heterocycles. The lowest BCUT2D eigenvalue weighted by Crippen LogP contribution is -2.76. The van der Waals surface area contributed by atoms with Gasteiger partial charge in [0.05, 0.1) is 13.1 Å². The van der Waals surface area contributed by atoms with E-state index in [2.05, 4.69) is 5.32 Å². The van der Waals surface area contributed by atoms with Crippen LogP contribution in [-0.4, -0.2) is 75.1 Å². The van der Waals surface area contributed by atoms with Crippen molar-refractivity contribution in [2.45, 2.75) is 31.7 Å². The molecule has 5 rings (SSSR count). The molecule has 2 aliphatic heterocycles. The lowest BCUT2D eigenvalue weighted by molar-refractivity contribution is -0.187. The molecule has 9 nitrogen and oxygen atoms in total. The maximum Gasteiger partial charge on any atom is 0.334 e. The Morgan fingerprint density at radius 2 is 1.56 bits per heavy atom. The first kappa shape index (κ1) is 33.6. The van der Waals surface area contributed by atoms with Crippen molar-refractivity contribution in [1.29, 1.82) is 0 Å². The molecule has 14 heteroatoms. The third kappa shape index (κ3) is 7.20. The van der Waals surface area contributed by atoms with Crippen LogP contribution < -0.4 is 5.32 Å². The topological polar surface area (TPSA) is 96.4 Å². The highest BCUT2D eigenvalue weighted by Crippen LogP contribution is 2.29. The Labute approximate surface area is 260 Å². The number of fused-ring (bicyclic) bond motifs is 1. The molecule has 0 saturated carbocycles. The van der Waals surface area contributed by atoms with Crippen LogP contribution in [0.5, 0.6) is 5.75 Å². The molecule has 230 valence electrons. The molecule has 4 amide bonds. The lowest BCUT2D eigenvalue weighted by Gasteiger charge is -2.54. The monoisotopic (exact) mass is 635 g/mol. The summed E-state index contributed by atoms with van der Waals surface area (Å²) in [6.45, 7) is -0.373. The quantitative estimate of drug-likeness (QED) is 0.406. The molecule has 0 unspecified atom stereocenters. The molecule has 0 aliphatic carbocycles. The molecular formula is C29H32F3N5O4S2. The Balaban J connectivity index is 0.00000253. The number of urea groups is 1. The van der Waals surface area contributed by atoms with Crippen LogP contribution in [0.15, 0.2) is 66.7 Å². The van der Waals surface area contributed by atoms with Crippen LogP contribution in [0, 0.1) is 17.5 Å². The first-order chi connectivity index (χ1) is 19.6. The number of aromatic hydroxyl groups is 1. The molecule has 0 aromatic heterocycles. The van der Waals surface area contributed by atoms with E-state index in [1.807, 2.05) is 30.3 Å². The number of likely N-dealkylation sites (N-methyl/N-ethyl adjacent to an activating group) is 1. The van der Waals surface area contributed by atoms with E-state index in [0.29, 0.717) is 5.56 Å². The van der Waals surface area contributed by atoms with E-state index in [4.69, 9.17) is 0 Å². The number of hydrogen-bond acceptors (Lipinski definition) is 5. The van der Waals surface area contributed by atoms with Crippen molar-refractivity contribution < 1.29 is 32.7 Å². The van der Waals surface area contributed by atoms with Crippen LogP contribution in [0.4, 0.5) is 18.0 Å². The zero-order valence-electron chi connectivity index (χ0n) is 23.1. The molecular weight excluding hydrogens is 603 g/mol. The van der Waals surface area contributed by atoms with Gasteiger partial charge in [-0.15, -0.1) is 0 Å². The molecule has 2 fully saturated rings. The van der Waals surface area contributed by atoms with Crippen LogP contribution in [0.25, 0.3) is 0 Å². The predicted octanol–water partition coefficient (Wildman–Crippen LogP) is 3.22. The summed E-state index contributed by atoms with van der Waals surface area (Å²) >= 11 is 0. The Morgan fingerprint density at radius 1 is 0.930 bits per heavy atom. The van der Waals surface area contributed by atoms with Crippen molar-refractivity contribution in [3.63, 3.8) is 0 Å². The van der Waals surface area contributed by atoms with Crippen LogP contribution in [0.2, 0.25) is 0 Å². The van der Waals surface area contributed by atoms with E-state index in [9.17, 15) is 32.7 Å². The average Bonchev–Trinajstić information content (AvgIpc) is 2.94. The van der Waals surface area contributed by atoms with Crippen LogP contribution >= 0.6 is 27.0 Å². The van der Waals surface area contributed by atoms with Gasteiger partial charge in [0.2, 0.25) is 11.8 Å². The normalized spacial score (nSPS) is 18.5. The van der Waals surface area contributed by atoms with Gasteiger partial charge in [-0.3, -0.25) is 9.59 Å².